The monoisotopic (exact) mass is 378 g/mol. The van der Waals surface area contributed by atoms with Gasteiger partial charge in [0, 0.05) is 5.56 Å². The maximum absolute atomic E-state index is 12.7. The highest BCUT2D eigenvalue weighted by molar-refractivity contribution is 7.90. The number of amidine groups is 1. The number of carbonyl (C=O) groups excluding carboxylic acids is 1. The molecule has 0 aromatic heterocycles. The van der Waals surface area contributed by atoms with Crippen LogP contribution in [0.3, 0.4) is 0 Å². The molecule has 1 aliphatic carbocycles. The highest BCUT2D eigenvalue weighted by atomic mass is 32.2. The van der Waals surface area contributed by atoms with E-state index in [1.807, 2.05) is 26.0 Å². The Morgan fingerprint density at radius 1 is 0.778 bits per heavy atom. The van der Waals surface area contributed by atoms with Gasteiger partial charge in [-0.2, -0.15) is 8.42 Å². The number of hydrogen-bond donors (Lipinski definition) is 0. The third kappa shape index (κ3) is 4.74. The molecule has 0 spiro atoms. The van der Waals surface area contributed by atoms with E-state index in [0.29, 0.717) is 11.3 Å². The zero-order chi connectivity index (χ0) is 19.4. The van der Waals surface area contributed by atoms with E-state index in [9.17, 15) is 13.2 Å². The van der Waals surface area contributed by atoms with Gasteiger partial charge in [0.1, 0.15) is 0 Å². The van der Waals surface area contributed by atoms with Crippen LogP contribution >= 0.6 is 0 Å². The molecule has 0 N–H and O–H groups in total. The zero-order valence-electron chi connectivity index (χ0n) is 15.0. The van der Waals surface area contributed by atoms with Crippen LogP contribution in [0, 0.1) is 13.8 Å². The van der Waals surface area contributed by atoms with Crippen LogP contribution < -0.4 is 0 Å². The van der Waals surface area contributed by atoms with E-state index in [1.165, 1.54) is 36.4 Å². The molecule has 2 aromatic carbocycles. The lowest BCUT2D eigenvalue weighted by Crippen LogP contribution is -2.08. The van der Waals surface area contributed by atoms with Gasteiger partial charge in [-0.15, -0.1) is 4.40 Å². The van der Waals surface area contributed by atoms with Crippen molar-refractivity contribution in [3.05, 3.63) is 89.5 Å². The van der Waals surface area contributed by atoms with Crippen molar-refractivity contribution in [2.24, 2.45) is 9.39 Å². The second-order valence-corrected chi connectivity index (χ2v) is 7.78. The van der Waals surface area contributed by atoms with Crippen LogP contribution in [0.15, 0.2) is 87.1 Å². The molecule has 0 unspecified atom stereocenters. The van der Waals surface area contributed by atoms with Crippen molar-refractivity contribution < 1.29 is 13.2 Å². The van der Waals surface area contributed by atoms with E-state index in [2.05, 4.69) is 9.39 Å². The Labute approximate surface area is 158 Å². The molecule has 3 rings (SSSR count). The predicted molar refractivity (Wildman–Crippen MR) is 107 cm³/mol. The Hall–Kier alpha value is -3.12. The van der Waals surface area contributed by atoms with Crippen molar-refractivity contribution in [2.45, 2.75) is 18.7 Å². The SMILES string of the molecule is Cc1ccc(/C(N=C2C=CC(=O)C=C2)=N\S(=O)(=O)c2ccc(C)cc2)cc1. The van der Waals surface area contributed by atoms with Gasteiger partial charge in [-0.3, -0.25) is 4.79 Å². The van der Waals surface area contributed by atoms with Gasteiger partial charge in [-0.05, 0) is 50.3 Å². The fraction of sp³-hybridized carbons (Fsp3) is 0.0952. The summed E-state index contributed by atoms with van der Waals surface area (Å²) in [6.07, 6.45) is 5.81. The molecule has 0 saturated heterocycles. The molecule has 0 atom stereocenters. The lowest BCUT2D eigenvalue weighted by Gasteiger charge is -2.06. The second kappa shape index (κ2) is 7.63. The van der Waals surface area contributed by atoms with Crippen molar-refractivity contribution in [1.82, 2.24) is 0 Å². The van der Waals surface area contributed by atoms with Gasteiger partial charge >= 0.3 is 0 Å². The van der Waals surface area contributed by atoms with Crippen molar-refractivity contribution in [2.75, 3.05) is 0 Å². The topological polar surface area (TPSA) is 75.9 Å². The van der Waals surface area contributed by atoms with Crippen molar-refractivity contribution in [3.8, 4) is 0 Å². The first-order valence-corrected chi connectivity index (χ1v) is 9.75. The molecule has 27 heavy (non-hydrogen) atoms. The lowest BCUT2D eigenvalue weighted by atomic mass is 10.1. The molecule has 136 valence electrons. The molecule has 0 amide bonds. The van der Waals surface area contributed by atoms with Crippen LogP contribution in [0.4, 0.5) is 0 Å². The van der Waals surface area contributed by atoms with Crippen LogP contribution in [0.2, 0.25) is 0 Å². The minimum Gasteiger partial charge on any atom is -0.290 e. The first-order valence-electron chi connectivity index (χ1n) is 8.31. The Bertz CT molecular complexity index is 1070. The molecule has 0 saturated carbocycles. The summed E-state index contributed by atoms with van der Waals surface area (Å²) in [5, 5.41) is 0. The van der Waals surface area contributed by atoms with E-state index in [4.69, 9.17) is 0 Å². The van der Waals surface area contributed by atoms with Crippen LogP contribution in [0.1, 0.15) is 16.7 Å². The van der Waals surface area contributed by atoms with Crippen LogP contribution in [0.5, 0.6) is 0 Å². The second-order valence-electron chi connectivity index (χ2n) is 6.17. The van der Waals surface area contributed by atoms with Gasteiger partial charge in [0.2, 0.25) is 0 Å². The maximum Gasteiger partial charge on any atom is 0.284 e. The summed E-state index contributed by atoms with van der Waals surface area (Å²) in [5.41, 5.74) is 3.02. The number of allylic oxidation sites excluding steroid dienone is 4. The Morgan fingerprint density at radius 2 is 1.30 bits per heavy atom. The summed E-state index contributed by atoms with van der Waals surface area (Å²) in [6.45, 7) is 3.82. The molecule has 6 heteroatoms. The molecule has 0 bridgehead atoms. The van der Waals surface area contributed by atoms with Gasteiger partial charge in [0.25, 0.3) is 10.0 Å². The first-order chi connectivity index (χ1) is 12.8. The van der Waals surface area contributed by atoms with Gasteiger partial charge in [-0.1, -0.05) is 47.5 Å². The Morgan fingerprint density at radius 3 is 1.85 bits per heavy atom. The van der Waals surface area contributed by atoms with Crippen molar-refractivity contribution >= 4 is 27.4 Å². The summed E-state index contributed by atoms with van der Waals surface area (Å²) >= 11 is 0. The molecular weight excluding hydrogens is 360 g/mol. The number of ketones is 1. The fourth-order valence-electron chi connectivity index (χ4n) is 2.36. The lowest BCUT2D eigenvalue weighted by molar-refractivity contribution is -0.110. The molecule has 5 nitrogen and oxygen atoms in total. The third-order valence-corrected chi connectivity index (χ3v) is 5.19. The summed E-state index contributed by atoms with van der Waals surface area (Å²) in [6, 6.07) is 13.7. The van der Waals surface area contributed by atoms with Gasteiger partial charge in [-0.25, -0.2) is 4.99 Å². The van der Waals surface area contributed by atoms with E-state index in [0.717, 1.165) is 11.1 Å². The predicted octanol–water partition coefficient (Wildman–Crippen LogP) is 3.58. The van der Waals surface area contributed by atoms with E-state index in [-0.39, 0.29) is 16.5 Å². The maximum atomic E-state index is 12.7. The normalized spacial score (nSPS) is 14.5. The standard InChI is InChI=1S/C21H18N2O3S/c1-15-3-7-17(8-4-15)21(22-18-9-11-19(24)12-10-18)23-27(25,26)20-13-5-16(2)6-14-20/h3-14H,1-2H3/b23-21+. The van der Waals surface area contributed by atoms with Gasteiger partial charge in [0.15, 0.2) is 11.6 Å². The van der Waals surface area contributed by atoms with Crippen LogP contribution in [0.25, 0.3) is 0 Å². The highest BCUT2D eigenvalue weighted by Gasteiger charge is 2.16. The Balaban J connectivity index is 2.10. The van der Waals surface area contributed by atoms with Crippen molar-refractivity contribution in [1.29, 1.82) is 0 Å². The zero-order valence-corrected chi connectivity index (χ0v) is 15.8. The average molecular weight is 378 g/mol. The fourth-order valence-corrected chi connectivity index (χ4v) is 3.32. The van der Waals surface area contributed by atoms with E-state index < -0.39 is 10.0 Å². The summed E-state index contributed by atoms with van der Waals surface area (Å²) in [4.78, 5) is 15.7. The number of aliphatic imine (C=N–C) groups is 1. The summed E-state index contributed by atoms with van der Waals surface area (Å²) in [5.74, 6) is -0.0794. The number of rotatable bonds is 3. The van der Waals surface area contributed by atoms with Crippen molar-refractivity contribution in [3.63, 3.8) is 0 Å². The number of nitrogens with zero attached hydrogens (tertiary/aromatic N) is 2. The number of sulfonamides is 1. The summed E-state index contributed by atoms with van der Waals surface area (Å²) in [7, 11) is -3.93. The molecule has 0 fully saturated rings. The van der Waals surface area contributed by atoms with Gasteiger partial charge < -0.3 is 0 Å². The summed E-state index contributed by atoms with van der Waals surface area (Å²) < 4.78 is 29.5. The largest absolute Gasteiger partial charge is 0.290 e. The quantitative estimate of drug-likeness (QED) is 0.465. The smallest absolute Gasteiger partial charge is 0.284 e. The molecule has 0 aliphatic heterocycles. The minimum absolute atomic E-state index is 0.0641. The Kier molecular flexibility index (Phi) is 5.28. The minimum atomic E-state index is -3.93. The van der Waals surface area contributed by atoms with Crippen LogP contribution in [-0.2, 0) is 14.8 Å². The molecule has 0 radical (unpaired) electrons. The highest BCUT2D eigenvalue weighted by Crippen LogP contribution is 2.16. The molecule has 2 aromatic rings. The van der Waals surface area contributed by atoms with Crippen LogP contribution in [-0.4, -0.2) is 25.7 Å². The first kappa shape index (κ1) is 18.7. The van der Waals surface area contributed by atoms with E-state index in [1.54, 1.807) is 24.3 Å². The van der Waals surface area contributed by atoms with E-state index >= 15 is 0 Å². The number of hydrogen-bond acceptors (Lipinski definition) is 3. The molecular formula is C21H18N2O3S. The number of benzene rings is 2. The average Bonchev–Trinajstić information content (AvgIpc) is 2.64. The number of aryl methyl sites for hydroxylation is 2. The molecule has 1 aliphatic rings. The van der Waals surface area contributed by atoms with Gasteiger partial charge in [0.05, 0.1) is 10.6 Å². The molecule has 0 heterocycles. The third-order valence-electron chi connectivity index (χ3n) is 3.91. The number of carbonyl (C=O) groups is 1.